The summed E-state index contributed by atoms with van der Waals surface area (Å²) >= 11 is 3.46. The van der Waals surface area contributed by atoms with Crippen molar-refractivity contribution in [2.45, 2.75) is 26.7 Å². The van der Waals surface area contributed by atoms with E-state index in [0.717, 1.165) is 29.9 Å². The van der Waals surface area contributed by atoms with Crippen LogP contribution in [0.2, 0.25) is 0 Å². The summed E-state index contributed by atoms with van der Waals surface area (Å²) in [6.45, 7) is 6.20. The van der Waals surface area contributed by atoms with Gasteiger partial charge in [-0.1, -0.05) is 29.3 Å². The van der Waals surface area contributed by atoms with Crippen molar-refractivity contribution < 1.29 is 0 Å². The van der Waals surface area contributed by atoms with E-state index >= 15 is 0 Å². The Hall–Kier alpha value is -0.640. The van der Waals surface area contributed by atoms with Crippen LogP contribution in [0, 0.1) is 6.92 Å². The number of halogens is 1. The molecular formula is C11H18BrN3. The summed E-state index contributed by atoms with van der Waals surface area (Å²) < 4.78 is 0. The zero-order valence-corrected chi connectivity index (χ0v) is 11.0. The van der Waals surface area contributed by atoms with Crippen LogP contribution in [-0.4, -0.2) is 28.4 Å². The zero-order valence-electron chi connectivity index (χ0n) is 9.41. The number of aryl methyl sites for hydroxylation is 1. The van der Waals surface area contributed by atoms with Gasteiger partial charge in [-0.3, -0.25) is 0 Å². The van der Waals surface area contributed by atoms with Crippen LogP contribution in [0.3, 0.4) is 0 Å². The minimum atomic E-state index is 0.841. The van der Waals surface area contributed by atoms with Crippen LogP contribution in [0.25, 0.3) is 0 Å². The van der Waals surface area contributed by atoms with E-state index in [1.807, 2.05) is 19.3 Å². The van der Waals surface area contributed by atoms with Crippen molar-refractivity contribution in [1.82, 2.24) is 9.97 Å². The third-order valence-corrected chi connectivity index (χ3v) is 2.54. The van der Waals surface area contributed by atoms with Crippen LogP contribution < -0.4 is 4.90 Å². The molecule has 0 N–H and O–H groups in total. The van der Waals surface area contributed by atoms with Crippen molar-refractivity contribution in [3.63, 3.8) is 0 Å². The molecule has 15 heavy (non-hydrogen) atoms. The van der Waals surface area contributed by atoms with Gasteiger partial charge < -0.3 is 4.90 Å². The molecule has 0 saturated carbocycles. The monoisotopic (exact) mass is 271 g/mol. The molecule has 0 aliphatic heterocycles. The third-order valence-electron chi connectivity index (χ3n) is 2.19. The fourth-order valence-corrected chi connectivity index (χ4v) is 1.74. The highest BCUT2D eigenvalue weighted by molar-refractivity contribution is 9.09. The molecule has 1 aromatic heterocycles. The first-order chi connectivity index (χ1) is 7.27. The third kappa shape index (κ3) is 4.16. The van der Waals surface area contributed by atoms with E-state index in [-0.39, 0.29) is 0 Å². The predicted octanol–water partition coefficient (Wildman–Crippen LogP) is 2.79. The molecular weight excluding hydrogens is 254 g/mol. The second-order valence-corrected chi connectivity index (χ2v) is 4.38. The lowest BCUT2D eigenvalue weighted by atomic mass is 10.3. The molecule has 84 valence electrons. The minimum Gasteiger partial charge on any atom is -0.340 e. The normalized spacial score (nSPS) is 10.3. The number of aromatic nitrogens is 2. The molecule has 0 saturated heterocycles. The van der Waals surface area contributed by atoms with E-state index in [4.69, 9.17) is 0 Å². The molecule has 1 aromatic rings. The number of anilines is 1. The van der Waals surface area contributed by atoms with E-state index in [1.54, 1.807) is 0 Å². The molecule has 0 fully saturated rings. The summed E-state index contributed by atoms with van der Waals surface area (Å²) in [7, 11) is 0. The summed E-state index contributed by atoms with van der Waals surface area (Å²) in [4.78, 5) is 10.9. The van der Waals surface area contributed by atoms with Crippen molar-refractivity contribution in [3.05, 3.63) is 18.0 Å². The van der Waals surface area contributed by atoms with Crippen molar-refractivity contribution in [3.8, 4) is 0 Å². The van der Waals surface area contributed by atoms with Gasteiger partial charge in [0.15, 0.2) is 0 Å². The van der Waals surface area contributed by atoms with Crippen LogP contribution in [-0.2, 0) is 0 Å². The molecule has 0 aliphatic carbocycles. The largest absolute Gasteiger partial charge is 0.340 e. The molecule has 1 rings (SSSR count). The van der Waals surface area contributed by atoms with Gasteiger partial charge in [-0.15, -0.1) is 0 Å². The lowest BCUT2D eigenvalue weighted by Crippen LogP contribution is -2.28. The van der Waals surface area contributed by atoms with Gasteiger partial charge in [0.1, 0.15) is 0 Å². The number of nitrogens with zero attached hydrogens (tertiary/aromatic N) is 3. The smallest absolute Gasteiger partial charge is 0.225 e. The van der Waals surface area contributed by atoms with E-state index < -0.39 is 0 Å². The minimum absolute atomic E-state index is 0.841. The fraction of sp³-hybridized carbons (Fsp3) is 0.636. The number of hydrogen-bond acceptors (Lipinski definition) is 3. The Morgan fingerprint density at radius 1 is 1.27 bits per heavy atom. The summed E-state index contributed by atoms with van der Waals surface area (Å²) in [5.74, 6) is 0.841. The SMILES string of the molecule is CCCCN(CCBr)c1ncc(C)cn1. The lowest BCUT2D eigenvalue weighted by Gasteiger charge is -2.21. The first-order valence-corrected chi connectivity index (χ1v) is 6.49. The van der Waals surface area contributed by atoms with Crippen molar-refractivity contribution in [2.24, 2.45) is 0 Å². The van der Waals surface area contributed by atoms with Crippen molar-refractivity contribution >= 4 is 21.9 Å². The number of hydrogen-bond donors (Lipinski definition) is 0. The summed E-state index contributed by atoms with van der Waals surface area (Å²) in [6.07, 6.45) is 6.12. The average molecular weight is 272 g/mol. The van der Waals surface area contributed by atoms with Gasteiger partial charge >= 0.3 is 0 Å². The first kappa shape index (κ1) is 12.4. The molecule has 0 radical (unpaired) electrons. The highest BCUT2D eigenvalue weighted by atomic mass is 79.9. The van der Waals surface area contributed by atoms with Crippen LogP contribution in [0.15, 0.2) is 12.4 Å². The van der Waals surface area contributed by atoms with Crippen LogP contribution in [0.5, 0.6) is 0 Å². The lowest BCUT2D eigenvalue weighted by molar-refractivity contribution is 0.716. The number of rotatable bonds is 6. The van der Waals surface area contributed by atoms with Crippen LogP contribution in [0.1, 0.15) is 25.3 Å². The highest BCUT2D eigenvalue weighted by Crippen LogP contribution is 2.08. The Bertz CT molecular complexity index is 274. The molecule has 0 unspecified atom stereocenters. The van der Waals surface area contributed by atoms with Crippen LogP contribution in [0.4, 0.5) is 5.95 Å². The summed E-state index contributed by atoms with van der Waals surface area (Å²) in [5, 5.41) is 0.952. The topological polar surface area (TPSA) is 29.0 Å². The molecule has 0 bridgehead atoms. The van der Waals surface area contributed by atoms with Gasteiger partial charge in [-0.25, -0.2) is 9.97 Å². The fourth-order valence-electron chi connectivity index (χ4n) is 1.31. The van der Waals surface area contributed by atoms with Crippen LogP contribution >= 0.6 is 15.9 Å². The van der Waals surface area contributed by atoms with E-state index in [0.29, 0.717) is 0 Å². The van der Waals surface area contributed by atoms with Gasteiger partial charge in [-0.05, 0) is 18.9 Å². The second kappa shape index (κ2) is 6.77. The average Bonchev–Trinajstić information content (AvgIpc) is 2.25. The Morgan fingerprint density at radius 3 is 2.47 bits per heavy atom. The Balaban J connectivity index is 2.65. The van der Waals surface area contributed by atoms with Crippen molar-refractivity contribution in [1.29, 1.82) is 0 Å². The van der Waals surface area contributed by atoms with E-state index in [1.165, 1.54) is 12.8 Å². The highest BCUT2D eigenvalue weighted by Gasteiger charge is 2.07. The van der Waals surface area contributed by atoms with E-state index in [9.17, 15) is 0 Å². The standard InChI is InChI=1S/C11H18BrN3/c1-3-4-6-15(7-5-12)11-13-8-10(2)9-14-11/h8-9H,3-7H2,1-2H3. The summed E-state index contributed by atoms with van der Waals surface area (Å²) in [5.41, 5.74) is 1.10. The van der Waals surface area contributed by atoms with Gasteiger partial charge in [0, 0.05) is 30.8 Å². The molecule has 0 amide bonds. The second-order valence-electron chi connectivity index (χ2n) is 3.59. The number of unbranched alkanes of at least 4 members (excludes halogenated alkanes) is 1. The number of alkyl halides is 1. The van der Waals surface area contributed by atoms with Gasteiger partial charge in [0.25, 0.3) is 0 Å². The van der Waals surface area contributed by atoms with Gasteiger partial charge in [0.05, 0.1) is 0 Å². The van der Waals surface area contributed by atoms with E-state index in [2.05, 4.69) is 37.7 Å². The molecule has 0 spiro atoms. The molecule has 3 nitrogen and oxygen atoms in total. The molecule has 4 heteroatoms. The maximum atomic E-state index is 4.34. The zero-order chi connectivity index (χ0) is 11.1. The van der Waals surface area contributed by atoms with Gasteiger partial charge in [0.2, 0.25) is 5.95 Å². The molecule has 0 aromatic carbocycles. The Labute approximate surface area is 100 Å². The molecule has 0 aliphatic rings. The maximum Gasteiger partial charge on any atom is 0.225 e. The predicted molar refractivity (Wildman–Crippen MR) is 67.7 cm³/mol. The Kier molecular flexibility index (Phi) is 5.61. The quantitative estimate of drug-likeness (QED) is 0.746. The maximum absolute atomic E-state index is 4.34. The molecule has 1 heterocycles. The summed E-state index contributed by atoms with van der Waals surface area (Å²) in [6, 6.07) is 0. The van der Waals surface area contributed by atoms with Crippen molar-refractivity contribution in [2.75, 3.05) is 23.3 Å². The molecule has 0 atom stereocenters. The Morgan fingerprint density at radius 2 is 1.93 bits per heavy atom. The van der Waals surface area contributed by atoms with Gasteiger partial charge in [-0.2, -0.15) is 0 Å². The first-order valence-electron chi connectivity index (χ1n) is 5.37.